The first-order valence-electron chi connectivity index (χ1n) is 7.97. The molecule has 4 heteroatoms. The fourth-order valence-electron chi connectivity index (χ4n) is 2.49. The van der Waals surface area contributed by atoms with Crippen molar-refractivity contribution in [1.29, 1.82) is 0 Å². The van der Waals surface area contributed by atoms with Gasteiger partial charge in [0.1, 0.15) is 11.5 Å². The molecule has 1 saturated heterocycles. The molecule has 1 aliphatic rings. The highest BCUT2D eigenvalue weighted by Gasteiger charge is 2.51. The van der Waals surface area contributed by atoms with Crippen LogP contribution in [-0.2, 0) is 9.31 Å². The van der Waals surface area contributed by atoms with Crippen LogP contribution in [0.15, 0.2) is 48.5 Å². The number of rotatable bonds is 3. The first kappa shape index (κ1) is 16.1. The Labute approximate surface area is 138 Å². The predicted molar refractivity (Wildman–Crippen MR) is 93.4 cm³/mol. The minimum atomic E-state index is -0.340. The van der Waals surface area contributed by atoms with E-state index in [0.717, 1.165) is 17.0 Å². The van der Waals surface area contributed by atoms with Gasteiger partial charge in [-0.05, 0) is 69.9 Å². The van der Waals surface area contributed by atoms with Crippen LogP contribution in [0.1, 0.15) is 33.3 Å². The lowest BCUT2D eigenvalue weighted by Gasteiger charge is -2.32. The molecule has 0 radical (unpaired) electrons. The zero-order valence-corrected chi connectivity index (χ0v) is 14.4. The van der Waals surface area contributed by atoms with Crippen molar-refractivity contribution >= 4 is 12.6 Å². The molecule has 1 heterocycles. The molecular formula is C19H23BO3. The lowest BCUT2D eigenvalue weighted by Crippen LogP contribution is -2.41. The molecule has 1 aliphatic heterocycles. The molecule has 0 unspecified atom stereocenters. The third-order valence-electron chi connectivity index (χ3n) is 4.63. The average Bonchev–Trinajstić information content (AvgIpc) is 2.68. The van der Waals surface area contributed by atoms with Gasteiger partial charge in [-0.1, -0.05) is 24.3 Å². The molecule has 1 fully saturated rings. The highest BCUT2D eigenvalue weighted by Crippen LogP contribution is 2.36. The second-order valence-electron chi connectivity index (χ2n) is 7.08. The van der Waals surface area contributed by atoms with Crippen LogP contribution in [0, 0.1) is 6.92 Å². The summed E-state index contributed by atoms with van der Waals surface area (Å²) in [6.45, 7) is 10.3. The van der Waals surface area contributed by atoms with E-state index in [9.17, 15) is 0 Å². The quantitative estimate of drug-likeness (QED) is 0.799. The Hall–Kier alpha value is -1.78. The van der Waals surface area contributed by atoms with Crippen LogP contribution in [0.2, 0.25) is 0 Å². The van der Waals surface area contributed by atoms with E-state index in [1.165, 1.54) is 5.56 Å². The van der Waals surface area contributed by atoms with Gasteiger partial charge >= 0.3 is 7.12 Å². The minimum absolute atomic E-state index is 0.325. The first-order valence-corrected chi connectivity index (χ1v) is 7.97. The second-order valence-corrected chi connectivity index (χ2v) is 7.08. The molecule has 0 aliphatic carbocycles. The van der Waals surface area contributed by atoms with E-state index in [0.29, 0.717) is 0 Å². The van der Waals surface area contributed by atoms with Crippen LogP contribution in [0.3, 0.4) is 0 Å². The molecule has 0 saturated carbocycles. The predicted octanol–water partition coefficient (Wildman–Crippen LogP) is 4.09. The molecule has 2 aromatic rings. The van der Waals surface area contributed by atoms with Gasteiger partial charge < -0.3 is 14.0 Å². The number of aryl methyl sites for hydroxylation is 1. The Morgan fingerprint density at radius 3 is 2.00 bits per heavy atom. The molecule has 2 aromatic carbocycles. The van der Waals surface area contributed by atoms with Crippen LogP contribution < -0.4 is 10.2 Å². The Kier molecular flexibility index (Phi) is 3.99. The van der Waals surface area contributed by atoms with Crippen LogP contribution in [-0.4, -0.2) is 18.3 Å². The van der Waals surface area contributed by atoms with E-state index in [2.05, 4.69) is 27.7 Å². The summed E-state index contributed by atoms with van der Waals surface area (Å²) >= 11 is 0. The summed E-state index contributed by atoms with van der Waals surface area (Å²) in [4.78, 5) is 0. The molecule has 120 valence electrons. The van der Waals surface area contributed by atoms with E-state index < -0.39 is 0 Å². The van der Waals surface area contributed by atoms with Crippen molar-refractivity contribution in [2.75, 3.05) is 0 Å². The van der Waals surface area contributed by atoms with Gasteiger partial charge in [0.05, 0.1) is 11.2 Å². The molecule has 3 nitrogen and oxygen atoms in total. The maximum Gasteiger partial charge on any atom is 0.494 e. The van der Waals surface area contributed by atoms with E-state index >= 15 is 0 Å². The van der Waals surface area contributed by atoms with E-state index in [4.69, 9.17) is 14.0 Å². The fourth-order valence-corrected chi connectivity index (χ4v) is 2.49. The van der Waals surface area contributed by atoms with Crippen molar-refractivity contribution in [1.82, 2.24) is 0 Å². The maximum absolute atomic E-state index is 6.06. The van der Waals surface area contributed by atoms with Crippen LogP contribution in [0.4, 0.5) is 0 Å². The number of hydrogen-bond donors (Lipinski definition) is 0. The van der Waals surface area contributed by atoms with E-state index in [1.54, 1.807) is 0 Å². The molecule has 0 amide bonds. The summed E-state index contributed by atoms with van der Waals surface area (Å²) in [7, 11) is -0.340. The Morgan fingerprint density at radius 2 is 1.43 bits per heavy atom. The molecule has 0 bridgehead atoms. The van der Waals surface area contributed by atoms with Crippen molar-refractivity contribution in [2.45, 2.75) is 45.8 Å². The van der Waals surface area contributed by atoms with Crippen molar-refractivity contribution < 1.29 is 14.0 Å². The monoisotopic (exact) mass is 310 g/mol. The zero-order chi connectivity index (χ0) is 16.7. The second kappa shape index (κ2) is 5.70. The van der Waals surface area contributed by atoms with Gasteiger partial charge in [0, 0.05) is 0 Å². The number of ether oxygens (including phenoxy) is 1. The summed E-state index contributed by atoms with van der Waals surface area (Å²) in [5.74, 6) is 1.64. The third-order valence-corrected chi connectivity index (χ3v) is 4.63. The number of hydrogen-bond acceptors (Lipinski definition) is 3. The zero-order valence-electron chi connectivity index (χ0n) is 14.4. The van der Waals surface area contributed by atoms with Gasteiger partial charge in [-0.25, -0.2) is 0 Å². The lowest BCUT2D eigenvalue weighted by atomic mass is 9.79. The van der Waals surface area contributed by atoms with Gasteiger partial charge in [0.15, 0.2) is 0 Å². The minimum Gasteiger partial charge on any atom is -0.457 e. The van der Waals surface area contributed by atoms with Crippen molar-refractivity contribution in [3.8, 4) is 11.5 Å². The first-order chi connectivity index (χ1) is 10.8. The molecule has 0 N–H and O–H groups in total. The molecule has 0 aromatic heterocycles. The normalized spacial score (nSPS) is 18.9. The summed E-state index contributed by atoms with van der Waals surface area (Å²) in [5.41, 5.74) is 1.53. The highest BCUT2D eigenvalue weighted by atomic mass is 16.7. The van der Waals surface area contributed by atoms with Gasteiger partial charge in [0.2, 0.25) is 0 Å². The fraction of sp³-hybridized carbons (Fsp3) is 0.368. The van der Waals surface area contributed by atoms with Crippen molar-refractivity contribution in [3.05, 3.63) is 54.1 Å². The van der Waals surface area contributed by atoms with Gasteiger partial charge in [-0.3, -0.25) is 0 Å². The Balaban J connectivity index is 1.73. The molecule has 0 atom stereocenters. The van der Waals surface area contributed by atoms with Crippen LogP contribution in [0.25, 0.3) is 0 Å². The smallest absolute Gasteiger partial charge is 0.457 e. The molecular weight excluding hydrogens is 287 g/mol. The van der Waals surface area contributed by atoms with Crippen molar-refractivity contribution in [2.24, 2.45) is 0 Å². The summed E-state index contributed by atoms with van der Waals surface area (Å²) in [6, 6.07) is 15.9. The third kappa shape index (κ3) is 3.28. The molecule has 0 spiro atoms. The Morgan fingerprint density at radius 1 is 0.826 bits per heavy atom. The largest absolute Gasteiger partial charge is 0.494 e. The summed E-state index contributed by atoms with van der Waals surface area (Å²) in [5, 5.41) is 0. The highest BCUT2D eigenvalue weighted by molar-refractivity contribution is 6.62. The lowest BCUT2D eigenvalue weighted by molar-refractivity contribution is 0.00578. The van der Waals surface area contributed by atoms with E-state index in [-0.39, 0.29) is 18.3 Å². The van der Waals surface area contributed by atoms with Crippen molar-refractivity contribution in [3.63, 3.8) is 0 Å². The summed E-state index contributed by atoms with van der Waals surface area (Å²) in [6.07, 6.45) is 0. The van der Waals surface area contributed by atoms with E-state index in [1.807, 2.05) is 55.5 Å². The molecule has 3 rings (SSSR count). The average molecular weight is 310 g/mol. The Bertz CT molecular complexity index is 676. The van der Waals surface area contributed by atoms with Crippen LogP contribution >= 0.6 is 0 Å². The van der Waals surface area contributed by atoms with Gasteiger partial charge in [-0.15, -0.1) is 0 Å². The topological polar surface area (TPSA) is 27.7 Å². The standard InChI is InChI=1S/C19H23BO3/c1-14-7-6-8-17(13-14)21-16-11-9-15(10-12-16)20-22-18(2,3)19(4,5)23-20/h6-13H,1-5H3. The summed E-state index contributed by atoms with van der Waals surface area (Å²) < 4.78 is 18.0. The van der Waals surface area contributed by atoms with Crippen LogP contribution in [0.5, 0.6) is 11.5 Å². The SMILES string of the molecule is Cc1cccc(Oc2ccc(B3OC(C)(C)C(C)(C)O3)cc2)c1. The maximum atomic E-state index is 6.06. The van der Waals surface area contributed by atoms with Gasteiger partial charge in [0.25, 0.3) is 0 Å². The number of benzene rings is 2. The molecule has 23 heavy (non-hydrogen) atoms. The van der Waals surface area contributed by atoms with Gasteiger partial charge in [-0.2, -0.15) is 0 Å².